The molecule has 1 fully saturated rings. The summed E-state index contributed by atoms with van der Waals surface area (Å²) in [6.45, 7) is 10.9. The van der Waals surface area contributed by atoms with Crippen molar-refractivity contribution in [3.8, 4) is 5.75 Å². The van der Waals surface area contributed by atoms with E-state index in [-0.39, 0.29) is 49.9 Å². The van der Waals surface area contributed by atoms with Crippen LogP contribution < -0.4 is 15.4 Å². The average Bonchev–Trinajstić information content (AvgIpc) is 3.83. The summed E-state index contributed by atoms with van der Waals surface area (Å²) in [6.07, 6.45) is 1.55. The van der Waals surface area contributed by atoms with Gasteiger partial charge in [0.2, 0.25) is 11.8 Å². The Morgan fingerprint density at radius 2 is 1.72 bits per heavy atom. The maximum absolute atomic E-state index is 13.6. The van der Waals surface area contributed by atoms with Gasteiger partial charge in [-0.2, -0.15) is 0 Å². The van der Waals surface area contributed by atoms with Crippen molar-refractivity contribution >= 4 is 23.8 Å². The first-order chi connectivity index (χ1) is 22.3. The first-order valence-electron chi connectivity index (χ1n) is 16.3. The van der Waals surface area contributed by atoms with Crippen molar-refractivity contribution < 1.29 is 38.1 Å². The summed E-state index contributed by atoms with van der Waals surface area (Å²) in [5, 5.41) is 5.62. The Morgan fingerprint density at radius 1 is 1.00 bits per heavy atom. The summed E-state index contributed by atoms with van der Waals surface area (Å²) in [7, 11) is 1.59. The molecule has 4 rings (SSSR count). The Morgan fingerprint density at radius 3 is 2.38 bits per heavy atom. The monoisotopic (exact) mass is 648 g/mol. The van der Waals surface area contributed by atoms with Crippen LogP contribution in [-0.4, -0.2) is 61.8 Å². The fourth-order valence-electron chi connectivity index (χ4n) is 5.70. The molecule has 0 aliphatic carbocycles. The van der Waals surface area contributed by atoms with E-state index in [2.05, 4.69) is 10.6 Å². The number of ether oxygens (including phenoxy) is 4. The lowest BCUT2D eigenvalue weighted by Crippen LogP contribution is -2.51. The van der Waals surface area contributed by atoms with Crippen molar-refractivity contribution in [1.82, 2.24) is 10.6 Å². The van der Waals surface area contributed by atoms with Gasteiger partial charge in [0.1, 0.15) is 24.0 Å². The van der Waals surface area contributed by atoms with Crippen LogP contribution in [0.25, 0.3) is 0 Å². The van der Waals surface area contributed by atoms with Gasteiger partial charge in [-0.05, 0) is 61.9 Å². The fourth-order valence-corrected chi connectivity index (χ4v) is 5.70. The number of epoxide rings is 1. The molecule has 2 N–H and O–H groups in total. The van der Waals surface area contributed by atoms with Crippen molar-refractivity contribution in [1.29, 1.82) is 0 Å². The van der Waals surface area contributed by atoms with E-state index in [0.717, 1.165) is 22.4 Å². The Hall–Kier alpha value is -4.18. The molecule has 0 radical (unpaired) electrons. The molecule has 254 valence electrons. The van der Waals surface area contributed by atoms with Crippen molar-refractivity contribution in [3.63, 3.8) is 0 Å². The SMILES string of the molecule is COc1ccc(CC2NC(=O)C=CC[C@@H]([C@H](C)[C@H]3O[C@@H]3c3ccccc3)OC(=O)[C@H](CC(C)C)OC(=O)C(C)(C)CNC2=O)cc1C. The van der Waals surface area contributed by atoms with Crippen molar-refractivity contribution in [2.75, 3.05) is 13.7 Å². The summed E-state index contributed by atoms with van der Waals surface area (Å²) in [5.41, 5.74) is 1.58. The molecular weight excluding hydrogens is 600 g/mol. The van der Waals surface area contributed by atoms with Crippen LogP contribution in [0.3, 0.4) is 0 Å². The van der Waals surface area contributed by atoms with Gasteiger partial charge >= 0.3 is 11.9 Å². The fraction of sp³-hybridized carbons (Fsp3) is 0.514. The maximum Gasteiger partial charge on any atom is 0.347 e. The second-order valence-corrected chi connectivity index (χ2v) is 13.6. The van der Waals surface area contributed by atoms with Crippen LogP contribution in [-0.2, 0) is 39.8 Å². The quantitative estimate of drug-likeness (QED) is 0.309. The number of amides is 2. The molecule has 47 heavy (non-hydrogen) atoms. The minimum absolute atomic E-state index is 0.0322. The van der Waals surface area contributed by atoms with Gasteiger partial charge in [-0.1, -0.05) is 69.3 Å². The van der Waals surface area contributed by atoms with Gasteiger partial charge < -0.3 is 29.6 Å². The van der Waals surface area contributed by atoms with Gasteiger partial charge in [-0.15, -0.1) is 0 Å². The number of carbonyl (C=O) groups excluding carboxylic acids is 4. The third-order valence-electron chi connectivity index (χ3n) is 8.65. The Balaban J connectivity index is 1.61. The smallest absolute Gasteiger partial charge is 0.347 e. The van der Waals surface area contributed by atoms with Crippen LogP contribution in [0.1, 0.15) is 70.3 Å². The van der Waals surface area contributed by atoms with Gasteiger partial charge in [0.25, 0.3) is 0 Å². The molecule has 10 heteroatoms. The van der Waals surface area contributed by atoms with E-state index in [1.54, 1.807) is 27.0 Å². The normalized spacial score (nSPS) is 26.1. The second-order valence-electron chi connectivity index (χ2n) is 13.6. The summed E-state index contributed by atoms with van der Waals surface area (Å²) >= 11 is 0. The van der Waals surface area contributed by atoms with E-state index in [0.29, 0.717) is 0 Å². The number of nitrogens with one attached hydrogen (secondary N) is 2. The van der Waals surface area contributed by atoms with Gasteiger partial charge in [0.15, 0.2) is 6.10 Å². The lowest BCUT2D eigenvalue weighted by Gasteiger charge is -2.29. The molecule has 2 heterocycles. The van der Waals surface area contributed by atoms with Crippen LogP contribution in [0, 0.1) is 24.2 Å². The molecule has 2 aromatic carbocycles. The molecule has 2 aromatic rings. The van der Waals surface area contributed by atoms with Crippen LogP contribution >= 0.6 is 0 Å². The maximum atomic E-state index is 13.6. The Labute approximate surface area is 277 Å². The third-order valence-corrected chi connectivity index (χ3v) is 8.65. The lowest BCUT2D eigenvalue weighted by molar-refractivity contribution is -0.179. The first kappa shape index (κ1) is 35.7. The number of aryl methyl sites for hydroxylation is 1. The van der Waals surface area contributed by atoms with Gasteiger partial charge in [-0.3, -0.25) is 14.4 Å². The van der Waals surface area contributed by atoms with Crippen LogP contribution in [0.2, 0.25) is 0 Å². The predicted octanol–water partition coefficient (Wildman–Crippen LogP) is 4.78. The molecule has 1 unspecified atom stereocenters. The Bertz CT molecular complexity index is 1450. The molecule has 2 aliphatic rings. The number of methoxy groups -OCH3 is 1. The zero-order valence-electron chi connectivity index (χ0n) is 28.4. The van der Waals surface area contributed by atoms with Crippen LogP contribution in [0.4, 0.5) is 0 Å². The highest BCUT2D eigenvalue weighted by molar-refractivity contribution is 5.93. The lowest BCUT2D eigenvalue weighted by atomic mass is 9.92. The predicted molar refractivity (Wildman–Crippen MR) is 176 cm³/mol. The third kappa shape index (κ3) is 9.67. The summed E-state index contributed by atoms with van der Waals surface area (Å²) < 4.78 is 23.2. The van der Waals surface area contributed by atoms with E-state index in [9.17, 15) is 19.2 Å². The van der Waals surface area contributed by atoms with Crippen LogP contribution in [0.15, 0.2) is 60.7 Å². The highest BCUT2D eigenvalue weighted by Crippen LogP contribution is 2.45. The number of rotatable bonds is 8. The van der Waals surface area contributed by atoms with E-state index in [4.69, 9.17) is 18.9 Å². The number of esters is 2. The van der Waals surface area contributed by atoms with Gasteiger partial charge in [0.05, 0.1) is 18.6 Å². The number of hydrogen-bond donors (Lipinski definition) is 2. The average molecular weight is 649 g/mol. The highest BCUT2D eigenvalue weighted by Gasteiger charge is 2.48. The summed E-state index contributed by atoms with van der Waals surface area (Å²) in [4.78, 5) is 53.7. The van der Waals surface area contributed by atoms with E-state index >= 15 is 0 Å². The molecule has 2 amide bonds. The number of cyclic esters (lactones) is 2. The molecule has 0 saturated carbocycles. The van der Waals surface area contributed by atoms with Crippen molar-refractivity contribution in [2.45, 2.75) is 91.3 Å². The highest BCUT2D eigenvalue weighted by atomic mass is 16.6. The molecule has 0 bridgehead atoms. The molecule has 6 atom stereocenters. The van der Waals surface area contributed by atoms with Gasteiger partial charge in [-0.25, -0.2) is 4.79 Å². The van der Waals surface area contributed by atoms with Crippen LogP contribution in [0.5, 0.6) is 5.75 Å². The minimum Gasteiger partial charge on any atom is -0.496 e. The molecule has 1 saturated heterocycles. The number of hydrogen-bond acceptors (Lipinski definition) is 8. The van der Waals surface area contributed by atoms with E-state index in [1.807, 2.05) is 76.2 Å². The summed E-state index contributed by atoms with van der Waals surface area (Å²) in [6, 6.07) is 14.5. The molecular formula is C37H48N2O8. The van der Waals surface area contributed by atoms with Crippen molar-refractivity contribution in [2.24, 2.45) is 17.3 Å². The minimum atomic E-state index is -1.18. The Kier molecular flexibility index (Phi) is 11.8. The zero-order chi connectivity index (χ0) is 34.3. The zero-order valence-corrected chi connectivity index (χ0v) is 28.4. The largest absolute Gasteiger partial charge is 0.496 e. The van der Waals surface area contributed by atoms with Gasteiger partial charge in [0, 0.05) is 25.3 Å². The number of benzene rings is 2. The molecule has 0 aromatic heterocycles. The second kappa shape index (κ2) is 15.6. The summed E-state index contributed by atoms with van der Waals surface area (Å²) in [5.74, 6) is -1.70. The van der Waals surface area contributed by atoms with E-state index < -0.39 is 47.4 Å². The van der Waals surface area contributed by atoms with Crippen molar-refractivity contribution in [3.05, 3.63) is 77.4 Å². The first-order valence-corrected chi connectivity index (χ1v) is 16.3. The molecule has 2 aliphatic heterocycles. The number of carbonyl (C=O) groups is 4. The molecule has 10 nitrogen and oxygen atoms in total. The molecule has 0 spiro atoms. The standard InChI is InChI=1S/C37H48N2O8/c1-22(2)18-30-35(42)45-29(24(4)32-33(47-32)26-12-9-8-10-13-26)14-11-15-31(40)39-27(20-25-16-17-28(44-7)23(3)19-25)34(41)38-21-37(5,6)36(43)46-30/h8-13,15-17,19,22,24,27,29-30,32-33H,14,18,20-21H2,1-7H3,(H,38,41)(H,39,40)/t24-,27?,29-,30-,32+,33+/m0/s1. The topological polar surface area (TPSA) is 133 Å². The van der Waals surface area contributed by atoms with E-state index in [1.165, 1.54) is 6.08 Å².